The second-order valence-corrected chi connectivity index (χ2v) is 8.84. The topological polar surface area (TPSA) is 75.0 Å². The molecule has 0 spiro atoms. The minimum absolute atomic E-state index is 0.161. The van der Waals surface area contributed by atoms with Gasteiger partial charge >= 0.3 is 0 Å². The Labute approximate surface area is 184 Å². The van der Waals surface area contributed by atoms with E-state index in [9.17, 15) is 10.1 Å². The third-order valence-corrected chi connectivity index (χ3v) is 6.92. The zero-order chi connectivity index (χ0) is 20.9. The highest BCUT2D eigenvalue weighted by molar-refractivity contribution is 8.00. The maximum absolute atomic E-state index is 12.6. The van der Waals surface area contributed by atoms with Crippen LogP contribution in [0.5, 0.6) is 5.75 Å². The number of amides is 1. The first-order valence-corrected chi connectivity index (χ1v) is 11.6. The maximum Gasteiger partial charge on any atom is 0.234 e. The van der Waals surface area contributed by atoms with Gasteiger partial charge in [-0.1, -0.05) is 30.0 Å². The third kappa shape index (κ3) is 4.20. The molecule has 1 aliphatic rings. The summed E-state index contributed by atoms with van der Waals surface area (Å²) in [5.74, 6) is 0.619. The molecule has 0 saturated heterocycles. The molecule has 2 aromatic heterocycles. The van der Waals surface area contributed by atoms with Crippen LogP contribution in [0.25, 0.3) is 10.6 Å². The number of carbonyl (C=O) groups excluding carboxylic acids is 1. The van der Waals surface area contributed by atoms with Gasteiger partial charge in [0.25, 0.3) is 0 Å². The number of anilines is 1. The predicted octanol–water partition coefficient (Wildman–Crippen LogP) is 5.30. The van der Waals surface area contributed by atoms with Crippen LogP contribution in [0, 0.1) is 11.3 Å². The molecule has 1 N–H and O–H groups in total. The fourth-order valence-corrected chi connectivity index (χ4v) is 5.25. The van der Waals surface area contributed by atoms with Gasteiger partial charge in [-0.2, -0.15) is 5.26 Å². The fraction of sp³-hybridized carbons (Fsp3) is 0.261. The van der Waals surface area contributed by atoms with Crippen molar-refractivity contribution in [3.05, 3.63) is 58.5 Å². The Morgan fingerprint density at radius 2 is 2.03 bits per heavy atom. The van der Waals surface area contributed by atoms with Gasteiger partial charge in [0.2, 0.25) is 5.91 Å². The molecule has 7 heteroatoms. The number of ether oxygens (including phenoxy) is 1. The van der Waals surface area contributed by atoms with Crippen molar-refractivity contribution in [2.75, 3.05) is 18.2 Å². The third-order valence-electron chi connectivity index (χ3n) is 5.07. The van der Waals surface area contributed by atoms with Gasteiger partial charge in [0.1, 0.15) is 16.8 Å². The average Bonchev–Trinajstić information content (AvgIpc) is 3.32. The van der Waals surface area contributed by atoms with Gasteiger partial charge in [0, 0.05) is 0 Å². The standard InChI is InChI=1S/C23H21N3O2S2/c1-28-19-10-5-4-9-18(19)25-21(27)14-30-23-17(13-24)15-7-2-3-8-16(15)22(26-23)20-11-6-12-29-20/h4-6,9-12H,2-3,7-8,14H2,1H3,(H,25,27). The summed E-state index contributed by atoms with van der Waals surface area (Å²) < 4.78 is 5.29. The molecule has 2 heterocycles. The summed E-state index contributed by atoms with van der Waals surface area (Å²) >= 11 is 2.97. The number of benzene rings is 1. The molecule has 3 aromatic rings. The average molecular weight is 436 g/mol. The van der Waals surface area contributed by atoms with Gasteiger partial charge in [-0.25, -0.2) is 4.98 Å². The summed E-state index contributed by atoms with van der Waals surface area (Å²) in [5.41, 5.74) is 4.52. The van der Waals surface area contributed by atoms with E-state index in [0.29, 0.717) is 22.0 Å². The van der Waals surface area contributed by atoms with Crippen LogP contribution in [-0.4, -0.2) is 23.8 Å². The quantitative estimate of drug-likeness (QED) is 0.532. The van der Waals surface area contributed by atoms with E-state index in [4.69, 9.17) is 9.72 Å². The minimum atomic E-state index is -0.161. The Hall–Kier alpha value is -2.82. The van der Waals surface area contributed by atoms with Crippen LogP contribution < -0.4 is 10.1 Å². The number of pyridine rings is 1. The molecule has 30 heavy (non-hydrogen) atoms. The number of nitriles is 1. The summed E-state index contributed by atoms with van der Waals surface area (Å²) in [5, 5.41) is 15.4. The second kappa shape index (κ2) is 9.33. The number of carbonyl (C=O) groups is 1. The number of aromatic nitrogens is 1. The van der Waals surface area contributed by atoms with Crippen molar-refractivity contribution < 1.29 is 9.53 Å². The summed E-state index contributed by atoms with van der Waals surface area (Å²) in [4.78, 5) is 18.5. The Balaban J connectivity index is 1.60. The lowest BCUT2D eigenvalue weighted by atomic mass is 9.88. The molecule has 1 aliphatic carbocycles. The number of nitrogens with one attached hydrogen (secondary N) is 1. The van der Waals surface area contributed by atoms with Crippen LogP contribution in [0.3, 0.4) is 0 Å². The molecular formula is C23H21N3O2S2. The molecule has 0 bridgehead atoms. The first-order chi connectivity index (χ1) is 14.7. The number of fused-ring (bicyclic) bond motifs is 1. The zero-order valence-electron chi connectivity index (χ0n) is 16.6. The van der Waals surface area contributed by atoms with Crippen LogP contribution in [0.1, 0.15) is 29.5 Å². The Kier molecular flexibility index (Phi) is 6.36. The maximum atomic E-state index is 12.6. The lowest BCUT2D eigenvalue weighted by Gasteiger charge is -2.21. The van der Waals surface area contributed by atoms with Gasteiger partial charge in [0.15, 0.2) is 0 Å². The van der Waals surface area contributed by atoms with Gasteiger partial charge in [0.05, 0.1) is 34.7 Å². The number of methoxy groups -OCH3 is 1. The zero-order valence-corrected chi connectivity index (χ0v) is 18.2. The van der Waals surface area contributed by atoms with E-state index in [1.807, 2.05) is 23.6 Å². The Morgan fingerprint density at radius 3 is 2.77 bits per heavy atom. The van der Waals surface area contributed by atoms with Crippen molar-refractivity contribution in [1.82, 2.24) is 4.98 Å². The molecular weight excluding hydrogens is 414 g/mol. The molecule has 0 unspecified atom stereocenters. The van der Waals surface area contributed by atoms with E-state index in [1.54, 1.807) is 30.6 Å². The van der Waals surface area contributed by atoms with Gasteiger partial charge in [-0.05, 0) is 60.4 Å². The largest absolute Gasteiger partial charge is 0.495 e. The van der Waals surface area contributed by atoms with Crippen LogP contribution in [0.4, 0.5) is 5.69 Å². The number of thiophene rings is 1. The first kappa shape index (κ1) is 20.5. The van der Waals surface area contributed by atoms with E-state index in [1.165, 1.54) is 17.3 Å². The van der Waals surface area contributed by atoms with Crippen LogP contribution >= 0.6 is 23.1 Å². The predicted molar refractivity (Wildman–Crippen MR) is 121 cm³/mol. The second-order valence-electron chi connectivity index (χ2n) is 6.93. The molecule has 1 amide bonds. The number of para-hydroxylation sites is 2. The molecule has 1 aromatic carbocycles. The SMILES string of the molecule is COc1ccccc1NC(=O)CSc1nc(-c2cccs2)c2c(c1C#N)CCCC2. The van der Waals surface area contributed by atoms with E-state index >= 15 is 0 Å². The molecule has 4 rings (SSSR count). The summed E-state index contributed by atoms with van der Waals surface area (Å²) in [7, 11) is 1.57. The highest BCUT2D eigenvalue weighted by Gasteiger charge is 2.24. The Morgan fingerprint density at radius 1 is 1.23 bits per heavy atom. The van der Waals surface area contributed by atoms with Gasteiger partial charge < -0.3 is 10.1 Å². The van der Waals surface area contributed by atoms with E-state index < -0.39 is 0 Å². The van der Waals surface area contributed by atoms with E-state index in [-0.39, 0.29) is 11.7 Å². The number of thioether (sulfide) groups is 1. The van der Waals surface area contributed by atoms with Gasteiger partial charge in [-0.15, -0.1) is 11.3 Å². The molecule has 0 aliphatic heterocycles. The molecule has 152 valence electrons. The smallest absolute Gasteiger partial charge is 0.234 e. The lowest BCUT2D eigenvalue weighted by Crippen LogP contribution is -2.16. The van der Waals surface area contributed by atoms with E-state index in [2.05, 4.69) is 17.5 Å². The monoisotopic (exact) mass is 435 g/mol. The summed E-state index contributed by atoms with van der Waals surface area (Å²) in [6.07, 6.45) is 4.03. The number of hydrogen-bond donors (Lipinski definition) is 1. The number of rotatable bonds is 6. The van der Waals surface area contributed by atoms with Crippen LogP contribution in [-0.2, 0) is 17.6 Å². The first-order valence-electron chi connectivity index (χ1n) is 9.76. The highest BCUT2D eigenvalue weighted by atomic mass is 32.2. The molecule has 0 atom stereocenters. The summed E-state index contributed by atoms with van der Waals surface area (Å²) in [6, 6.07) is 13.7. The molecule has 0 saturated carbocycles. The van der Waals surface area contributed by atoms with Crippen molar-refractivity contribution in [3.8, 4) is 22.4 Å². The number of hydrogen-bond acceptors (Lipinski definition) is 6. The minimum Gasteiger partial charge on any atom is -0.495 e. The molecule has 0 fully saturated rings. The lowest BCUT2D eigenvalue weighted by molar-refractivity contribution is -0.113. The van der Waals surface area contributed by atoms with Crippen molar-refractivity contribution in [3.63, 3.8) is 0 Å². The van der Waals surface area contributed by atoms with Crippen molar-refractivity contribution >= 4 is 34.7 Å². The fourth-order valence-electron chi connectivity index (χ4n) is 3.70. The molecule has 5 nitrogen and oxygen atoms in total. The van der Waals surface area contributed by atoms with E-state index in [0.717, 1.165) is 41.8 Å². The Bertz CT molecular complexity index is 1100. The normalized spacial score (nSPS) is 12.7. The van der Waals surface area contributed by atoms with Crippen LogP contribution in [0.15, 0.2) is 46.8 Å². The van der Waals surface area contributed by atoms with Crippen molar-refractivity contribution in [2.24, 2.45) is 0 Å². The van der Waals surface area contributed by atoms with Crippen molar-refractivity contribution in [2.45, 2.75) is 30.7 Å². The van der Waals surface area contributed by atoms with Crippen LogP contribution in [0.2, 0.25) is 0 Å². The highest BCUT2D eigenvalue weighted by Crippen LogP contribution is 2.38. The van der Waals surface area contributed by atoms with Crippen molar-refractivity contribution in [1.29, 1.82) is 5.26 Å². The number of nitrogens with zero attached hydrogens (tertiary/aromatic N) is 2. The molecule has 0 radical (unpaired) electrons. The van der Waals surface area contributed by atoms with Gasteiger partial charge in [-0.3, -0.25) is 4.79 Å². The summed E-state index contributed by atoms with van der Waals surface area (Å²) in [6.45, 7) is 0.